The Hall–Kier alpha value is 0.810. The number of hydrogen-bond donors (Lipinski definition) is 0. The van der Waals surface area contributed by atoms with E-state index in [4.69, 9.17) is 9.26 Å². The molecule has 0 saturated carbocycles. The molecule has 0 bridgehead atoms. The SMILES string of the molecule is CCCCCCCC/C=C/CCCCCCCCOCC1COP(=O)([O-])O1.[Na+]. The van der Waals surface area contributed by atoms with Crippen molar-refractivity contribution in [3.63, 3.8) is 0 Å². The number of unbranched alkanes of at least 4 members (excludes halogenated alkanes) is 12. The first-order valence-electron chi connectivity index (χ1n) is 11.0. The van der Waals surface area contributed by atoms with E-state index < -0.39 is 13.9 Å². The molecule has 0 aromatic rings. The topological polar surface area (TPSA) is 67.8 Å². The summed E-state index contributed by atoms with van der Waals surface area (Å²) in [5, 5.41) is 0. The summed E-state index contributed by atoms with van der Waals surface area (Å²) in [7, 11) is -4.03. The molecule has 7 heteroatoms. The minimum Gasteiger partial charge on any atom is -0.756 e. The van der Waals surface area contributed by atoms with Gasteiger partial charge in [-0.1, -0.05) is 76.9 Å². The molecule has 2 unspecified atom stereocenters. The molecule has 0 spiro atoms. The third-order valence-electron chi connectivity index (χ3n) is 4.80. The van der Waals surface area contributed by atoms with Crippen LogP contribution in [0.4, 0.5) is 0 Å². The van der Waals surface area contributed by atoms with Crippen LogP contribution in [0.25, 0.3) is 0 Å². The van der Waals surface area contributed by atoms with Gasteiger partial charge in [0.2, 0.25) is 0 Å². The number of phosphoric ester groups is 1. The average Bonchev–Trinajstić information content (AvgIpc) is 2.99. The van der Waals surface area contributed by atoms with Crippen molar-refractivity contribution in [2.45, 2.75) is 103 Å². The maximum atomic E-state index is 11.0. The van der Waals surface area contributed by atoms with Crippen molar-refractivity contribution in [2.24, 2.45) is 0 Å². The van der Waals surface area contributed by atoms with Crippen molar-refractivity contribution in [3.05, 3.63) is 12.2 Å². The van der Waals surface area contributed by atoms with Crippen molar-refractivity contribution in [3.8, 4) is 0 Å². The maximum Gasteiger partial charge on any atom is 1.00 e. The van der Waals surface area contributed by atoms with Crippen LogP contribution in [0, 0.1) is 0 Å². The Morgan fingerprint density at radius 3 is 2.00 bits per heavy atom. The van der Waals surface area contributed by atoms with E-state index in [0.29, 0.717) is 6.61 Å². The Labute approximate surface area is 194 Å². The first-order chi connectivity index (χ1) is 13.1. The van der Waals surface area contributed by atoms with Gasteiger partial charge in [0.15, 0.2) is 0 Å². The summed E-state index contributed by atoms with van der Waals surface area (Å²) in [5.74, 6) is 0. The van der Waals surface area contributed by atoms with E-state index in [-0.39, 0.29) is 42.8 Å². The third kappa shape index (κ3) is 17.7. The molecule has 28 heavy (non-hydrogen) atoms. The minimum atomic E-state index is -4.03. The smallest absolute Gasteiger partial charge is 0.756 e. The molecule has 0 N–H and O–H groups in total. The molecule has 0 aromatic carbocycles. The van der Waals surface area contributed by atoms with Crippen LogP contribution < -0.4 is 34.5 Å². The van der Waals surface area contributed by atoms with Gasteiger partial charge in [0, 0.05) is 6.61 Å². The van der Waals surface area contributed by atoms with Crippen LogP contribution in [0.1, 0.15) is 96.8 Å². The summed E-state index contributed by atoms with van der Waals surface area (Å²) in [6.45, 7) is 3.29. The van der Waals surface area contributed by atoms with Gasteiger partial charge in [-0.2, -0.15) is 0 Å². The van der Waals surface area contributed by atoms with Crippen molar-refractivity contribution >= 4 is 7.82 Å². The van der Waals surface area contributed by atoms with Crippen molar-refractivity contribution in [2.75, 3.05) is 19.8 Å². The van der Waals surface area contributed by atoms with Gasteiger partial charge in [-0.05, 0) is 32.1 Å². The predicted octanol–water partition coefficient (Wildman–Crippen LogP) is 2.93. The van der Waals surface area contributed by atoms with Crippen molar-refractivity contribution in [1.29, 1.82) is 0 Å². The second kappa shape index (κ2) is 19.8. The zero-order valence-corrected chi connectivity index (χ0v) is 21.1. The van der Waals surface area contributed by atoms with Crippen molar-refractivity contribution in [1.82, 2.24) is 0 Å². The van der Waals surface area contributed by atoms with Crippen molar-refractivity contribution < 1.29 is 52.8 Å². The van der Waals surface area contributed by atoms with Crippen LogP contribution in [0.15, 0.2) is 12.2 Å². The van der Waals surface area contributed by atoms with Gasteiger partial charge >= 0.3 is 29.6 Å². The molecule has 160 valence electrons. The maximum absolute atomic E-state index is 11.0. The summed E-state index contributed by atoms with van der Waals surface area (Å²) in [5.41, 5.74) is 0. The normalized spacial score (nSPS) is 22.0. The zero-order chi connectivity index (χ0) is 19.6. The minimum absolute atomic E-state index is 0. The Bertz CT molecular complexity index is 420. The molecule has 0 radical (unpaired) electrons. The molecule has 1 heterocycles. The van der Waals surface area contributed by atoms with Crippen LogP contribution in [0.3, 0.4) is 0 Å². The van der Waals surface area contributed by atoms with E-state index in [1.165, 1.54) is 77.0 Å². The summed E-state index contributed by atoms with van der Waals surface area (Å²) in [6, 6.07) is 0. The Morgan fingerprint density at radius 1 is 0.929 bits per heavy atom. The predicted molar refractivity (Wildman–Crippen MR) is 109 cm³/mol. The van der Waals surface area contributed by atoms with E-state index >= 15 is 0 Å². The van der Waals surface area contributed by atoms with E-state index in [2.05, 4.69) is 23.6 Å². The average molecular weight is 427 g/mol. The number of allylic oxidation sites excluding steroid dienone is 2. The summed E-state index contributed by atoms with van der Waals surface area (Å²) < 4.78 is 25.7. The molecule has 1 saturated heterocycles. The Balaban J connectivity index is 0.00000729. The molecule has 2 atom stereocenters. The van der Waals surface area contributed by atoms with Crippen LogP contribution in [0.5, 0.6) is 0 Å². The van der Waals surface area contributed by atoms with E-state index in [1.54, 1.807) is 0 Å². The molecular formula is C21H40NaO5P. The van der Waals surface area contributed by atoms with E-state index in [0.717, 1.165) is 12.8 Å². The summed E-state index contributed by atoms with van der Waals surface area (Å²) in [4.78, 5) is 11.0. The van der Waals surface area contributed by atoms with E-state index in [1.807, 2.05) is 0 Å². The molecule has 1 aliphatic heterocycles. The number of phosphoric acid groups is 1. The number of rotatable bonds is 18. The quantitative estimate of drug-likeness (QED) is 0.146. The third-order valence-corrected chi connectivity index (χ3v) is 5.82. The fourth-order valence-corrected chi connectivity index (χ4v) is 4.06. The molecule has 0 aliphatic carbocycles. The number of hydrogen-bond acceptors (Lipinski definition) is 5. The largest absolute Gasteiger partial charge is 1.00 e. The molecule has 5 nitrogen and oxygen atoms in total. The monoisotopic (exact) mass is 426 g/mol. The fourth-order valence-electron chi connectivity index (χ4n) is 3.16. The first kappa shape index (κ1) is 28.8. The molecule has 0 amide bonds. The van der Waals surface area contributed by atoms with Crippen LogP contribution in [-0.4, -0.2) is 25.9 Å². The molecular weight excluding hydrogens is 386 g/mol. The van der Waals surface area contributed by atoms with E-state index in [9.17, 15) is 9.46 Å². The first-order valence-corrected chi connectivity index (χ1v) is 12.5. The number of ether oxygens (including phenoxy) is 1. The Kier molecular flexibility index (Phi) is 20.3. The van der Waals surface area contributed by atoms with Gasteiger partial charge in [-0.3, -0.25) is 4.57 Å². The molecule has 0 aromatic heterocycles. The standard InChI is InChI=1S/C21H41O5P.Na/c1-2-3-4-5-6-7-8-9-10-11-12-13-14-15-16-17-18-24-19-21-20-25-27(22,23)26-21;/h9-10,21H,2-8,11-20H2,1H3,(H,22,23);/q;+1/p-1/b10-9+;. The van der Waals surface area contributed by atoms with Crippen LogP contribution in [-0.2, 0) is 18.3 Å². The molecule has 1 fully saturated rings. The van der Waals surface area contributed by atoms with Gasteiger partial charge in [0.1, 0.15) is 6.10 Å². The van der Waals surface area contributed by atoms with Crippen LogP contribution in [0.2, 0.25) is 0 Å². The van der Waals surface area contributed by atoms with Gasteiger partial charge in [-0.15, -0.1) is 0 Å². The summed E-state index contributed by atoms with van der Waals surface area (Å²) in [6.07, 6.45) is 22.2. The summed E-state index contributed by atoms with van der Waals surface area (Å²) >= 11 is 0. The Morgan fingerprint density at radius 2 is 1.46 bits per heavy atom. The second-order valence-corrected chi connectivity index (χ2v) is 8.85. The van der Waals surface area contributed by atoms with Gasteiger partial charge in [0.05, 0.1) is 13.2 Å². The van der Waals surface area contributed by atoms with Gasteiger partial charge < -0.3 is 18.7 Å². The fraction of sp³-hybridized carbons (Fsp3) is 0.905. The second-order valence-electron chi connectivity index (χ2n) is 7.48. The zero-order valence-electron chi connectivity index (χ0n) is 18.2. The molecule has 1 rings (SSSR count). The van der Waals surface area contributed by atoms with Gasteiger partial charge in [-0.25, -0.2) is 0 Å². The molecule has 1 aliphatic rings. The van der Waals surface area contributed by atoms with Gasteiger partial charge in [0.25, 0.3) is 7.82 Å². The van der Waals surface area contributed by atoms with Crippen LogP contribution >= 0.6 is 7.82 Å².